The molecule has 0 atom stereocenters. The third kappa shape index (κ3) is 5.21. The molecule has 1 aliphatic heterocycles. The van der Waals surface area contributed by atoms with E-state index in [0.29, 0.717) is 23.4 Å². The minimum absolute atomic E-state index is 0.0618. The summed E-state index contributed by atoms with van der Waals surface area (Å²) in [6.45, 7) is 7.62. The number of halogens is 1. The molecule has 27 heavy (non-hydrogen) atoms. The molecule has 1 aliphatic rings. The van der Waals surface area contributed by atoms with Crippen molar-refractivity contribution in [3.8, 4) is 5.75 Å². The van der Waals surface area contributed by atoms with Gasteiger partial charge in [0.05, 0.1) is 20.3 Å². The smallest absolute Gasteiger partial charge is 0.410 e. The molecule has 6 nitrogen and oxygen atoms in total. The number of methoxy groups -OCH3 is 1. The average molecular weight is 379 g/mol. The Morgan fingerprint density at radius 3 is 2.52 bits per heavy atom. The molecule has 0 N–H and O–H groups in total. The molecule has 148 valence electrons. The number of carbonyl (C=O) groups is 2. The van der Waals surface area contributed by atoms with Crippen LogP contribution in [0.15, 0.2) is 23.8 Å². The Hall–Kier alpha value is -2.57. The van der Waals surface area contributed by atoms with Gasteiger partial charge in [-0.05, 0) is 51.8 Å². The molecule has 2 rings (SSSR count). The number of carbonyl (C=O) groups excluding carboxylic acids is 2. The first-order valence-electron chi connectivity index (χ1n) is 8.87. The number of esters is 1. The van der Waals surface area contributed by atoms with Crippen LogP contribution in [0.3, 0.4) is 0 Å². The topological polar surface area (TPSA) is 65.1 Å². The third-order valence-electron chi connectivity index (χ3n) is 4.02. The van der Waals surface area contributed by atoms with Crippen LogP contribution in [-0.4, -0.2) is 49.4 Å². The minimum atomic E-state index is -0.645. The fourth-order valence-corrected chi connectivity index (χ4v) is 2.80. The SMILES string of the molecule is CCOC(=O)C1=C(c2ccc(OC)cc2F)CN(C(=O)OC(C)(C)C)CC1. The number of hydrogen-bond donors (Lipinski definition) is 0. The minimum Gasteiger partial charge on any atom is -0.497 e. The highest BCUT2D eigenvalue weighted by Crippen LogP contribution is 2.31. The predicted octanol–water partition coefficient (Wildman–Crippen LogP) is 3.79. The second-order valence-electron chi connectivity index (χ2n) is 7.18. The molecule has 1 aromatic carbocycles. The van der Waals surface area contributed by atoms with Crippen molar-refractivity contribution in [2.45, 2.75) is 39.7 Å². The van der Waals surface area contributed by atoms with Gasteiger partial charge >= 0.3 is 12.1 Å². The van der Waals surface area contributed by atoms with Crippen molar-refractivity contribution in [2.75, 3.05) is 26.8 Å². The van der Waals surface area contributed by atoms with E-state index in [0.717, 1.165) is 0 Å². The molecule has 0 bridgehead atoms. The molecule has 1 aromatic rings. The van der Waals surface area contributed by atoms with Crippen LogP contribution in [0.4, 0.5) is 9.18 Å². The van der Waals surface area contributed by atoms with E-state index in [2.05, 4.69) is 0 Å². The van der Waals surface area contributed by atoms with Crippen molar-refractivity contribution >= 4 is 17.6 Å². The first-order chi connectivity index (χ1) is 12.7. The lowest BCUT2D eigenvalue weighted by molar-refractivity contribution is -0.138. The summed E-state index contributed by atoms with van der Waals surface area (Å²) in [4.78, 5) is 26.3. The number of amides is 1. The molecule has 7 heteroatoms. The molecule has 1 amide bonds. The second kappa shape index (κ2) is 8.41. The Kier molecular flexibility index (Phi) is 6.46. The Morgan fingerprint density at radius 1 is 1.26 bits per heavy atom. The summed E-state index contributed by atoms with van der Waals surface area (Å²) in [7, 11) is 1.45. The molecule has 0 aromatic heterocycles. The van der Waals surface area contributed by atoms with Gasteiger partial charge in [0.25, 0.3) is 0 Å². The van der Waals surface area contributed by atoms with Gasteiger partial charge in [0, 0.05) is 23.7 Å². The van der Waals surface area contributed by atoms with Crippen molar-refractivity contribution in [3.63, 3.8) is 0 Å². The molecule has 0 spiro atoms. The largest absolute Gasteiger partial charge is 0.497 e. The maximum absolute atomic E-state index is 14.6. The molecule has 0 aliphatic carbocycles. The van der Waals surface area contributed by atoms with E-state index >= 15 is 0 Å². The van der Waals surface area contributed by atoms with E-state index in [-0.39, 0.29) is 25.1 Å². The van der Waals surface area contributed by atoms with E-state index in [1.165, 1.54) is 18.1 Å². The van der Waals surface area contributed by atoms with Crippen LogP contribution < -0.4 is 4.74 Å². The Bertz CT molecular complexity index is 751. The summed E-state index contributed by atoms with van der Waals surface area (Å²) >= 11 is 0. The van der Waals surface area contributed by atoms with E-state index in [4.69, 9.17) is 14.2 Å². The standard InChI is InChI=1S/C20H26FNO5/c1-6-26-18(23)15-9-10-22(19(24)27-20(2,3)4)12-16(15)14-8-7-13(25-5)11-17(14)21/h7-8,11H,6,9-10,12H2,1-5H3. The summed E-state index contributed by atoms with van der Waals surface area (Å²) in [5.74, 6) is -0.655. The van der Waals surface area contributed by atoms with Crippen LogP contribution in [0.5, 0.6) is 5.75 Å². The quantitative estimate of drug-likeness (QED) is 0.745. The van der Waals surface area contributed by atoms with Crippen LogP contribution >= 0.6 is 0 Å². The zero-order chi connectivity index (χ0) is 20.2. The van der Waals surface area contributed by atoms with Crippen molar-refractivity contribution < 1.29 is 28.2 Å². The summed E-state index contributed by atoms with van der Waals surface area (Å²) in [6.07, 6.45) is -0.240. The van der Waals surface area contributed by atoms with E-state index in [1.54, 1.807) is 39.8 Å². The number of hydrogen-bond acceptors (Lipinski definition) is 5. The Balaban J connectivity index is 2.41. The fourth-order valence-electron chi connectivity index (χ4n) is 2.80. The molecule has 0 radical (unpaired) electrons. The van der Waals surface area contributed by atoms with Crippen LogP contribution in [-0.2, 0) is 14.3 Å². The molecular weight excluding hydrogens is 353 g/mol. The zero-order valence-corrected chi connectivity index (χ0v) is 16.4. The van der Waals surface area contributed by atoms with Crippen molar-refractivity contribution in [1.82, 2.24) is 4.90 Å². The maximum Gasteiger partial charge on any atom is 0.410 e. The van der Waals surface area contributed by atoms with Crippen LogP contribution in [0.25, 0.3) is 5.57 Å². The Labute approximate surface area is 158 Å². The highest BCUT2D eigenvalue weighted by atomic mass is 19.1. The number of benzene rings is 1. The van der Waals surface area contributed by atoms with Gasteiger partial charge in [-0.15, -0.1) is 0 Å². The van der Waals surface area contributed by atoms with E-state index in [9.17, 15) is 14.0 Å². The molecule has 1 heterocycles. The van der Waals surface area contributed by atoms with Crippen LogP contribution in [0.1, 0.15) is 39.7 Å². The lowest BCUT2D eigenvalue weighted by atomic mass is 9.93. The first-order valence-corrected chi connectivity index (χ1v) is 8.87. The van der Waals surface area contributed by atoms with Gasteiger partial charge in [0.15, 0.2) is 0 Å². The molecule has 0 unspecified atom stereocenters. The highest BCUT2D eigenvalue weighted by molar-refractivity contribution is 5.99. The van der Waals surface area contributed by atoms with Crippen LogP contribution in [0.2, 0.25) is 0 Å². The van der Waals surface area contributed by atoms with E-state index in [1.807, 2.05) is 0 Å². The fraction of sp³-hybridized carbons (Fsp3) is 0.500. The van der Waals surface area contributed by atoms with Gasteiger partial charge in [-0.2, -0.15) is 0 Å². The van der Waals surface area contributed by atoms with Gasteiger partial charge in [-0.3, -0.25) is 0 Å². The van der Waals surface area contributed by atoms with Crippen molar-refractivity contribution in [2.24, 2.45) is 0 Å². The number of nitrogens with zero attached hydrogens (tertiary/aromatic N) is 1. The van der Waals surface area contributed by atoms with Gasteiger partial charge in [0.1, 0.15) is 17.2 Å². The van der Waals surface area contributed by atoms with Crippen LogP contribution in [0, 0.1) is 5.82 Å². The van der Waals surface area contributed by atoms with Gasteiger partial charge in [0.2, 0.25) is 0 Å². The highest BCUT2D eigenvalue weighted by Gasteiger charge is 2.31. The number of rotatable bonds is 4. The third-order valence-corrected chi connectivity index (χ3v) is 4.02. The average Bonchev–Trinajstić information content (AvgIpc) is 2.59. The van der Waals surface area contributed by atoms with Crippen molar-refractivity contribution in [1.29, 1.82) is 0 Å². The normalized spacial score (nSPS) is 14.8. The molecular formula is C20H26FNO5. The number of ether oxygens (including phenoxy) is 3. The summed E-state index contributed by atoms with van der Waals surface area (Å²) in [5, 5.41) is 0. The summed E-state index contributed by atoms with van der Waals surface area (Å²) < 4.78 is 30.2. The van der Waals surface area contributed by atoms with E-state index < -0.39 is 23.5 Å². The molecule has 0 fully saturated rings. The predicted molar refractivity (Wildman–Crippen MR) is 98.9 cm³/mol. The van der Waals surface area contributed by atoms with Gasteiger partial charge in [-0.25, -0.2) is 14.0 Å². The lowest BCUT2D eigenvalue weighted by Gasteiger charge is -2.32. The lowest BCUT2D eigenvalue weighted by Crippen LogP contribution is -2.41. The molecule has 0 saturated carbocycles. The summed E-state index contributed by atoms with van der Waals surface area (Å²) in [6, 6.07) is 4.40. The van der Waals surface area contributed by atoms with Crippen molar-refractivity contribution in [3.05, 3.63) is 35.2 Å². The maximum atomic E-state index is 14.6. The van der Waals surface area contributed by atoms with Gasteiger partial charge in [-0.1, -0.05) is 0 Å². The Morgan fingerprint density at radius 2 is 1.96 bits per heavy atom. The second-order valence-corrected chi connectivity index (χ2v) is 7.18. The first kappa shape index (κ1) is 20.7. The van der Waals surface area contributed by atoms with Gasteiger partial charge < -0.3 is 19.1 Å². The molecule has 0 saturated heterocycles. The summed E-state index contributed by atoms with van der Waals surface area (Å²) in [5.41, 5.74) is 0.395. The zero-order valence-electron chi connectivity index (χ0n) is 16.4. The monoisotopic (exact) mass is 379 g/mol.